The van der Waals surface area contributed by atoms with Crippen molar-refractivity contribution in [1.29, 1.82) is 0 Å². The first-order valence-electron chi connectivity index (χ1n) is 6.07. The number of nitrogens with two attached hydrogens (primary N) is 1. The second-order valence-electron chi connectivity index (χ2n) is 5.69. The van der Waals surface area contributed by atoms with E-state index < -0.39 is 4.92 Å². The van der Waals surface area contributed by atoms with Crippen LogP contribution in [0.1, 0.15) is 39.0 Å². The predicted octanol–water partition coefficient (Wildman–Crippen LogP) is 2.06. The summed E-state index contributed by atoms with van der Waals surface area (Å²) in [5, 5.41) is 10.7. The maximum atomic E-state index is 10.7. The molecule has 2 heterocycles. The summed E-state index contributed by atoms with van der Waals surface area (Å²) in [6.07, 6.45) is 0.871. The molecule has 0 aliphatic carbocycles. The van der Waals surface area contributed by atoms with Crippen molar-refractivity contribution in [2.45, 2.75) is 44.8 Å². The van der Waals surface area contributed by atoms with E-state index in [-0.39, 0.29) is 23.5 Å². The molecule has 2 unspecified atom stereocenters. The Hall–Kier alpha value is -1.40. The molecule has 1 saturated heterocycles. The fraction of sp³-hybridized carbons (Fsp3) is 0.667. The fourth-order valence-electron chi connectivity index (χ4n) is 2.53. The van der Waals surface area contributed by atoms with Crippen molar-refractivity contribution >= 4 is 5.88 Å². The Balaban J connectivity index is 2.31. The van der Waals surface area contributed by atoms with Crippen LogP contribution in [-0.2, 0) is 0 Å². The molecule has 6 nitrogen and oxygen atoms in total. The Labute approximate surface area is 106 Å². The number of nitro groups is 1. The minimum atomic E-state index is -0.522. The molecular weight excluding hydrogens is 234 g/mol. The lowest BCUT2D eigenvalue weighted by molar-refractivity contribution is -0.402. The van der Waals surface area contributed by atoms with E-state index in [4.69, 9.17) is 10.2 Å². The lowest BCUT2D eigenvalue weighted by Gasteiger charge is -2.36. The minimum Gasteiger partial charge on any atom is -0.404 e. The smallest absolute Gasteiger partial charge is 0.404 e. The summed E-state index contributed by atoms with van der Waals surface area (Å²) >= 11 is 0. The Morgan fingerprint density at radius 2 is 2.17 bits per heavy atom. The molecule has 2 atom stereocenters. The van der Waals surface area contributed by atoms with Crippen molar-refractivity contribution in [1.82, 2.24) is 4.90 Å². The van der Waals surface area contributed by atoms with Crippen LogP contribution in [0, 0.1) is 10.1 Å². The molecule has 1 fully saturated rings. The highest BCUT2D eigenvalue weighted by Gasteiger charge is 2.41. The van der Waals surface area contributed by atoms with Crippen LogP contribution in [-0.4, -0.2) is 27.9 Å². The third kappa shape index (κ3) is 2.26. The van der Waals surface area contributed by atoms with Crippen molar-refractivity contribution in [3.05, 3.63) is 28.0 Å². The number of hydrogen-bond acceptors (Lipinski definition) is 5. The van der Waals surface area contributed by atoms with Gasteiger partial charge in [0, 0.05) is 18.1 Å². The van der Waals surface area contributed by atoms with Crippen molar-refractivity contribution in [2.75, 3.05) is 6.54 Å². The van der Waals surface area contributed by atoms with Crippen LogP contribution in [0.2, 0.25) is 0 Å². The quantitative estimate of drug-likeness (QED) is 0.644. The standard InChI is InChI=1S/C12H19N3O3/c1-12(2,3)14-7-6-8(13)11(14)9-4-5-10(18-9)15(16)17/h4-5,8,11H,6-7,13H2,1-3H3. The summed E-state index contributed by atoms with van der Waals surface area (Å²) in [7, 11) is 0. The van der Waals surface area contributed by atoms with Crippen LogP contribution in [0.3, 0.4) is 0 Å². The van der Waals surface area contributed by atoms with Gasteiger partial charge in [0.05, 0.1) is 12.1 Å². The van der Waals surface area contributed by atoms with Gasteiger partial charge in [0.1, 0.15) is 10.7 Å². The molecule has 0 aromatic carbocycles. The molecule has 1 aromatic rings. The van der Waals surface area contributed by atoms with Crippen molar-refractivity contribution in [3.8, 4) is 0 Å². The van der Waals surface area contributed by atoms with E-state index in [1.54, 1.807) is 6.07 Å². The summed E-state index contributed by atoms with van der Waals surface area (Å²) in [4.78, 5) is 12.4. The molecule has 0 radical (unpaired) electrons. The van der Waals surface area contributed by atoms with Gasteiger partial charge in [0.2, 0.25) is 0 Å². The molecule has 2 N–H and O–H groups in total. The first kappa shape index (κ1) is 13.0. The topological polar surface area (TPSA) is 85.5 Å². The van der Waals surface area contributed by atoms with Gasteiger partial charge in [0.15, 0.2) is 0 Å². The Kier molecular flexibility index (Phi) is 3.16. The maximum Gasteiger partial charge on any atom is 0.433 e. The van der Waals surface area contributed by atoms with Gasteiger partial charge in [-0.25, -0.2) is 0 Å². The van der Waals surface area contributed by atoms with Gasteiger partial charge in [-0.15, -0.1) is 0 Å². The molecule has 100 valence electrons. The van der Waals surface area contributed by atoms with Crippen molar-refractivity contribution < 1.29 is 9.34 Å². The second-order valence-corrected chi connectivity index (χ2v) is 5.69. The average molecular weight is 253 g/mol. The lowest BCUT2D eigenvalue weighted by Crippen LogP contribution is -2.43. The Morgan fingerprint density at radius 1 is 1.50 bits per heavy atom. The van der Waals surface area contributed by atoms with Gasteiger partial charge in [-0.05, 0) is 33.3 Å². The molecular formula is C12H19N3O3. The molecule has 1 aliphatic rings. The second kappa shape index (κ2) is 4.37. The minimum absolute atomic E-state index is 0.0413. The van der Waals surface area contributed by atoms with Crippen molar-refractivity contribution in [3.63, 3.8) is 0 Å². The van der Waals surface area contributed by atoms with Crippen molar-refractivity contribution in [2.24, 2.45) is 5.73 Å². The highest BCUT2D eigenvalue weighted by Crippen LogP contribution is 2.38. The van der Waals surface area contributed by atoms with Gasteiger partial charge >= 0.3 is 5.88 Å². The zero-order valence-electron chi connectivity index (χ0n) is 10.9. The monoisotopic (exact) mass is 253 g/mol. The summed E-state index contributed by atoms with van der Waals surface area (Å²) in [5.74, 6) is 0.361. The molecule has 0 bridgehead atoms. The maximum absolute atomic E-state index is 10.7. The number of nitrogens with zero attached hydrogens (tertiary/aromatic N) is 2. The molecule has 0 amide bonds. The van der Waals surface area contributed by atoms with E-state index in [2.05, 4.69) is 25.7 Å². The zero-order chi connectivity index (χ0) is 13.5. The number of hydrogen-bond donors (Lipinski definition) is 1. The van der Waals surface area contributed by atoms with E-state index >= 15 is 0 Å². The molecule has 0 spiro atoms. The van der Waals surface area contributed by atoms with Crippen LogP contribution >= 0.6 is 0 Å². The zero-order valence-corrected chi connectivity index (χ0v) is 10.9. The third-order valence-electron chi connectivity index (χ3n) is 3.39. The van der Waals surface area contributed by atoms with Crippen LogP contribution in [0.5, 0.6) is 0 Å². The first-order chi connectivity index (χ1) is 8.30. The third-order valence-corrected chi connectivity index (χ3v) is 3.39. The van der Waals surface area contributed by atoms with E-state index in [1.165, 1.54) is 6.07 Å². The van der Waals surface area contributed by atoms with E-state index in [9.17, 15) is 10.1 Å². The molecule has 2 rings (SSSR count). The fourth-order valence-corrected chi connectivity index (χ4v) is 2.53. The first-order valence-corrected chi connectivity index (χ1v) is 6.07. The van der Waals surface area contributed by atoms with E-state index in [1.807, 2.05) is 0 Å². The number of furan rings is 1. The molecule has 18 heavy (non-hydrogen) atoms. The summed E-state index contributed by atoms with van der Waals surface area (Å²) < 4.78 is 5.30. The Morgan fingerprint density at radius 3 is 2.67 bits per heavy atom. The average Bonchev–Trinajstić information content (AvgIpc) is 2.81. The van der Waals surface area contributed by atoms with Gasteiger partial charge in [-0.3, -0.25) is 15.0 Å². The number of likely N-dealkylation sites (tertiary alicyclic amines) is 1. The van der Waals surface area contributed by atoms with Crippen LogP contribution in [0.4, 0.5) is 5.88 Å². The summed E-state index contributed by atoms with van der Waals surface area (Å²) in [5.41, 5.74) is 6.07. The summed E-state index contributed by atoms with van der Waals surface area (Å²) in [6.45, 7) is 7.20. The van der Waals surface area contributed by atoms with E-state index in [0.29, 0.717) is 5.76 Å². The van der Waals surface area contributed by atoms with Gasteiger partial charge in [-0.2, -0.15) is 0 Å². The SMILES string of the molecule is CC(C)(C)N1CCC(N)C1c1ccc([N+](=O)[O-])o1. The van der Waals surface area contributed by atoms with Crippen LogP contribution in [0.25, 0.3) is 0 Å². The molecule has 6 heteroatoms. The molecule has 1 aliphatic heterocycles. The molecule has 0 saturated carbocycles. The van der Waals surface area contributed by atoms with Gasteiger partial charge in [0.25, 0.3) is 0 Å². The van der Waals surface area contributed by atoms with Gasteiger partial charge < -0.3 is 10.2 Å². The largest absolute Gasteiger partial charge is 0.433 e. The van der Waals surface area contributed by atoms with Crippen LogP contribution < -0.4 is 5.73 Å². The van der Waals surface area contributed by atoms with E-state index in [0.717, 1.165) is 13.0 Å². The highest BCUT2D eigenvalue weighted by molar-refractivity contribution is 5.22. The lowest BCUT2D eigenvalue weighted by atomic mass is 10.0. The normalized spacial score (nSPS) is 25.6. The number of rotatable bonds is 2. The molecule has 1 aromatic heterocycles. The van der Waals surface area contributed by atoms with Gasteiger partial charge in [-0.1, -0.05) is 0 Å². The summed E-state index contributed by atoms with van der Waals surface area (Å²) in [6, 6.07) is 2.92. The predicted molar refractivity (Wildman–Crippen MR) is 67.2 cm³/mol. The van der Waals surface area contributed by atoms with Crippen LogP contribution in [0.15, 0.2) is 16.5 Å². The highest BCUT2D eigenvalue weighted by atomic mass is 16.6. The Bertz CT molecular complexity index is 450.